The summed E-state index contributed by atoms with van der Waals surface area (Å²) in [5, 5.41) is 6.14. The minimum Gasteiger partial charge on any atom is -0.368 e. The number of hydrogen-bond acceptors (Lipinski definition) is 4. The molecule has 1 unspecified atom stereocenters. The molecule has 1 amide bonds. The molecule has 0 radical (unpaired) electrons. The van der Waals surface area contributed by atoms with Gasteiger partial charge < -0.3 is 10.6 Å². The van der Waals surface area contributed by atoms with Crippen LogP contribution < -0.4 is 10.6 Å². The lowest BCUT2D eigenvalue weighted by atomic mass is 10.1. The van der Waals surface area contributed by atoms with Gasteiger partial charge in [0.25, 0.3) is 5.91 Å². The Morgan fingerprint density at radius 1 is 1.27 bits per heavy atom. The second-order valence-corrected chi connectivity index (χ2v) is 5.44. The third-order valence-corrected chi connectivity index (χ3v) is 3.76. The van der Waals surface area contributed by atoms with Gasteiger partial charge in [0.15, 0.2) is 0 Å². The molecule has 0 aliphatic carbocycles. The van der Waals surface area contributed by atoms with Crippen LogP contribution in [0, 0.1) is 13.8 Å². The van der Waals surface area contributed by atoms with Crippen molar-refractivity contribution in [1.29, 1.82) is 0 Å². The molecule has 1 aromatic carbocycles. The Morgan fingerprint density at radius 3 is 2.77 bits per heavy atom. The molecule has 0 saturated carbocycles. The molecule has 0 spiro atoms. The summed E-state index contributed by atoms with van der Waals surface area (Å²) in [5.74, 6) is 0.429. The van der Waals surface area contributed by atoms with Crippen molar-refractivity contribution in [1.82, 2.24) is 9.97 Å². The van der Waals surface area contributed by atoms with Gasteiger partial charge in [-0.05, 0) is 44.4 Å². The van der Waals surface area contributed by atoms with Gasteiger partial charge in [0.1, 0.15) is 17.8 Å². The molecule has 1 aromatic heterocycles. The number of carbonyl (C=O) groups is 1. The highest BCUT2D eigenvalue weighted by molar-refractivity contribution is 6.03. The molecule has 1 heterocycles. The normalized spacial score (nSPS) is 11.8. The second-order valence-electron chi connectivity index (χ2n) is 5.44. The maximum absolute atomic E-state index is 12.4. The first-order valence-electron chi connectivity index (χ1n) is 7.47. The molecule has 0 fully saturated rings. The summed E-state index contributed by atoms with van der Waals surface area (Å²) >= 11 is 0. The summed E-state index contributed by atoms with van der Waals surface area (Å²) in [6.45, 7) is 8.16. The summed E-state index contributed by atoms with van der Waals surface area (Å²) in [5.41, 5.74) is 3.35. The van der Waals surface area contributed by atoms with E-state index in [0.717, 1.165) is 23.2 Å². The first kappa shape index (κ1) is 15.9. The molecule has 0 aliphatic heterocycles. The average Bonchev–Trinajstić information content (AvgIpc) is 2.52. The van der Waals surface area contributed by atoms with E-state index in [9.17, 15) is 4.79 Å². The van der Waals surface area contributed by atoms with Crippen LogP contribution in [-0.2, 0) is 0 Å². The Labute approximate surface area is 131 Å². The van der Waals surface area contributed by atoms with E-state index in [2.05, 4.69) is 34.4 Å². The monoisotopic (exact) mass is 298 g/mol. The molecule has 0 saturated heterocycles. The van der Waals surface area contributed by atoms with Gasteiger partial charge in [-0.3, -0.25) is 4.79 Å². The summed E-state index contributed by atoms with van der Waals surface area (Å²) in [6.07, 6.45) is 2.39. The zero-order chi connectivity index (χ0) is 16.1. The van der Waals surface area contributed by atoms with Crippen molar-refractivity contribution in [2.75, 3.05) is 10.6 Å². The minimum absolute atomic E-state index is 0.233. The van der Waals surface area contributed by atoms with E-state index in [4.69, 9.17) is 0 Å². The fourth-order valence-electron chi connectivity index (χ4n) is 1.99. The molecule has 116 valence electrons. The molecule has 1 atom stereocenters. The van der Waals surface area contributed by atoms with E-state index in [0.29, 0.717) is 17.6 Å². The van der Waals surface area contributed by atoms with Crippen molar-refractivity contribution < 1.29 is 4.79 Å². The van der Waals surface area contributed by atoms with E-state index < -0.39 is 0 Å². The Bertz CT molecular complexity index is 669. The number of benzene rings is 1. The van der Waals surface area contributed by atoms with Crippen molar-refractivity contribution in [3.63, 3.8) is 0 Å². The Morgan fingerprint density at radius 2 is 2.05 bits per heavy atom. The highest BCUT2D eigenvalue weighted by Gasteiger charge is 2.11. The van der Waals surface area contributed by atoms with Gasteiger partial charge in [0, 0.05) is 17.8 Å². The summed E-state index contributed by atoms with van der Waals surface area (Å²) in [6, 6.07) is 7.80. The van der Waals surface area contributed by atoms with Gasteiger partial charge in [0.05, 0.1) is 0 Å². The third kappa shape index (κ3) is 3.81. The van der Waals surface area contributed by atoms with Crippen LogP contribution in [0.5, 0.6) is 0 Å². The zero-order valence-electron chi connectivity index (χ0n) is 13.5. The molecule has 2 N–H and O–H groups in total. The van der Waals surface area contributed by atoms with Gasteiger partial charge in [-0.15, -0.1) is 0 Å². The van der Waals surface area contributed by atoms with Crippen LogP contribution in [0.4, 0.5) is 11.5 Å². The SMILES string of the molecule is CCC(C)Nc1cc(C(=O)Nc2cccc(C)c2C)ncn1. The van der Waals surface area contributed by atoms with Gasteiger partial charge >= 0.3 is 0 Å². The number of hydrogen-bond donors (Lipinski definition) is 2. The van der Waals surface area contributed by atoms with E-state index in [1.165, 1.54) is 6.33 Å². The number of nitrogens with zero attached hydrogens (tertiary/aromatic N) is 2. The number of aryl methyl sites for hydroxylation is 1. The molecule has 5 nitrogen and oxygen atoms in total. The quantitative estimate of drug-likeness (QED) is 0.885. The van der Waals surface area contributed by atoms with Crippen LogP contribution in [0.1, 0.15) is 41.9 Å². The Kier molecular flexibility index (Phi) is 5.09. The number of aromatic nitrogens is 2. The first-order chi connectivity index (χ1) is 10.5. The van der Waals surface area contributed by atoms with Crippen LogP contribution in [0.15, 0.2) is 30.6 Å². The fourth-order valence-corrected chi connectivity index (χ4v) is 1.99. The molecule has 0 aliphatic rings. The molecule has 5 heteroatoms. The molecule has 0 bridgehead atoms. The fraction of sp³-hybridized carbons (Fsp3) is 0.353. The van der Waals surface area contributed by atoms with E-state index in [1.54, 1.807) is 6.07 Å². The summed E-state index contributed by atoms with van der Waals surface area (Å²) in [7, 11) is 0. The number of nitrogens with one attached hydrogen (secondary N) is 2. The maximum atomic E-state index is 12.4. The van der Waals surface area contributed by atoms with Gasteiger partial charge in [-0.1, -0.05) is 19.1 Å². The van der Waals surface area contributed by atoms with Crippen molar-refractivity contribution in [2.24, 2.45) is 0 Å². The van der Waals surface area contributed by atoms with Gasteiger partial charge in [-0.2, -0.15) is 0 Å². The Balaban J connectivity index is 2.16. The average molecular weight is 298 g/mol. The van der Waals surface area contributed by atoms with Gasteiger partial charge in [0.2, 0.25) is 0 Å². The standard InChI is InChI=1S/C17H22N4O/c1-5-12(3)20-16-9-15(18-10-19-16)17(22)21-14-8-6-7-11(2)13(14)4/h6-10,12H,5H2,1-4H3,(H,21,22)(H,18,19,20). The Hall–Kier alpha value is -2.43. The van der Waals surface area contributed by atoms with Gasteiger partial charge in [-0.25, -0.2) is 9.97 Å². The predicted molar refractivity (Wildman–Crippen MR) is 89.3 cm³/mol. The second kappa shape index (κ2) is 7.02. The van der Waals surface area contributed by atoms with E-state index in [1.807, 2.05) is 32.0 Å². The topological polar surface area (TPSA) is 66.9 Å². The molecule has 22 heavy (non-hydrogen) atoms. The van der Waals surface area contributed by atoms with Crippen molar-refractivity contribution >= 4 is 17.4 Å². The minimum atomic E-state index is -0.233. The maximum Gasteiger partial charge on any atom is 0.274 e. The highest BCUT2D eigenvalue weighted by atomic mass is 16.1. The number of anilines is 2. The van der Waals surface area contributed by atoms with Crippen LogP contribution in [0.25, 0.3) is 0 Å². The van der Waals surface area contributed by atoms with Crippen molar-refractivity contribution in [3.05, 3.63) is 47.4 Å². The van der Waals surface area contributed by atoms with Crippen LogP contribution >= 0.6 is 0 Å². The lowest BCUT2D eigenvalue weighted by Gasteiger charge is -2.13. The van der Waals surface area contributed by atoms with Crippen molar-refractivity contribution in [3.8, 4) is 0 Å². The van der Waals surface area contributed by atoms with E-state index in [-0.39, 0.29) is 5.91 Å². The molecular formula is C17H22N4O. The van der Waals surface area contributed by atoms with Crippen molar-refractivity contribution in [2.45, 2.75) is 40.2 Å². The third-order valence-electron chi connectivity index (χ3n) is 3.76. The number of carbonyl (C=O) groups excluding carboxylic acids is 1. The molecule has 2 rings (SSSR count). The highest BCUT2D eigenvalue weighted by Crippen LogP contribution is 2.19. The lowest BCUT2D eigenvalue weighted by Crippen LogP contribution is -2.18. The molecule has 2 aromatic rings. The largest absolute Gasteiger partial charge is 0.368 e. The smallest absolute Gasteiger partial charge is 0.274 e. The van der Waals surface area contributed by atoms with Crippen LogP contribution in [0.2, 0.25) is 0 Å². The van der Waals surface area contributed by atoms with Crippen LogP contribution in [-0.4, -0.2) is 21.9 Å². The predicted octanol–water partition coefficient (Wildman–Crippen LogP) is 3.56. The van der Waals surface area contributed by atoms with Crippen LogP contribution in [0.3, 0.4) is 0 Å². The summed E-state index contributed by atoms with van der Waals surface area (Å²) in [4.78, 5) is 20.6. The summed E-state index contributed by atoms with van der Waals surface area (Å²) < 4.78 is 0. The number of rotatable bonds is 5. The first-order valence-corrected chi connectivity index (χ1v) is 7.47. The molecular weight excluding hydrogens is 276 g/mol. The van der Waals surface area contributed by atoms with E-state index >= 15 is 0 Å². The lowest BCUT2D eigenvalue weighted by molar-refractivity contribution is 0.102. The number of amides is 1. The zero-order valence-corrected chi connectivity index (χ0v) is 13.5.